The summed E-state index contributed by atoms with van der Waals surface area (Å²) in [5.74, 6) is 3.65. The van der Waals surface area contributed by atoms with E-state index in [1.54, 1.807) is 0 Å². The topological polar surface area (TPSA) is 0 Å². The van der Waals surface area contributed by atoms with Gasteiger partial charge in [-0.2, -0.15) is 0 Å². The van der Waals surface area contributed by atoms with Gasteiger partial charge in [-0.1, -0.05) is 73.6 Å². The molecule has 0 nitrogen and oxygen atoms in total. The summed E-state index contributed by atoms with van der Waals surface area (Å²) in [4.78, 5) is 0. The maximum Gasteiger partial charge on any atom is -0.0391 e. The van der Waals surface area contributed by atoms with Crippen LogP contribution in [-0.4, -0.2) is 0 Å². The van der Waals surface area contributed by atoms with Crippen LogP contribution in [0.25, 0.3) is 0 Å². The Morgan fingerprint density at radius 2 is 1.25 bits per heavy atom. The summed E-state index contributed by atoms with van der Waals surface area (Å²) in [7, 11) is 0. The summed E-state index contributed by atoms with van der Waals surface area (Å²) >= 11 is 0. The lowest BCUT2D eigenvalue weighted by atomic mass is 9.82. The Labute approximate surface area is 104 Å². The third-order valence-electron chi connectivity index (χ3n) is 3.88. The lowest BCUT2D eigenvalue weighted by Gasteiger charge is -2.23. The molecule has 2 atom stereocenters. The Morgan fingerprint density at radius 3 is 1.69 bits per heavy atom. The highest BCUT2D eigenvalue weighted by Crippen LogP contribution is 2.27. The molecule has 16 heavy (non-hydrogen) atoms. The van der Waals surface area contributed by atoms with E-state index in [2.05, 4.69) is 41.5 Å². The van der Waals surface area contributed by atoms with Gasteiger partial charge in [0.1, 0.15) is 0 Å². The van der Waals surface area contributed by atoms with Crippen molar-refractivity contribution in [2.75, 3.05) is 0 Å². The highest BCUT2D eigenvalue weighted by Gasteiger charge is 2.15. The molecule has 0 saturated heterocycles. The first-order chi connectivity index (χ1) is 7.47. The molecule has 0 N–H and O–H groups in total. The highest BCUT2D eigenvalue weighted by molar-refractivity contribution is 4.67. The van der Waals surface area contributed by atoms with Gasteiger partial charge in [0.15, 0.2) is 0 Å². The van der Waals surface area contributed by atoms with Gasteiger partial charge < -0.3 is 0 Å². The van der Waals surface area contributed by atoms with Crippen LogP contribution in [0.5, 0.6) is 0 Å². The van der Waals surface area contributed by atoms with Gasteiger partial charge in [0.05, 0.1) is 0 Å². The maximum atomic E-state index is 2.47. The molecule has 0 heteroatoms. The molecule has 2 unspecified atom stereocenters. The van der Waals surface area contributed by atoms with Crippen LogP contribution in [0.2, 0.25) is 0 Å². The van der Waals surface area contributed by atoms with Crippen molar-refractivity contribution in [1.82, 2.24) is 0 Å². The van der Waals surface area contributed by atoms with Crippen LogP contribution in [0.3, 0.4) is 0 Å². The smallest absolute Gasteiger partial charge is 0.0391 e. The molecule has 0 heterocycles. The number of hydrogen-bond donors (Lipinski definition) is 0. The standard InChI is InChI=1S/C16H34/c1-7-16(12-11-14(4)5)15(6)10-8-9-13(2)3/h13-16H,7-12H2,1-6H3. The molecule has 0 aliphatic carbocycles. The molecular weight excluding hydrogens is 192 g/mol. The van der Waals surface area contributed by atoms with Crippen LogP contribution >= 0.6 is 0 Å². The summed E-state index contributed by atoms with van der Waals surface area (Å²) in [6.45, 7) is 14.2. The van der Waals surface area contributed by atoms with E-state index in [-0.39, 0.29) is 0 Å². The van der Waals surface area contributed by atoms with Crippen molar-refractivity contribution in [3.05, 3.63) is 0 Å². The van der Waals surface area contributed by atoms with Gasteiger partial charge in [0, 0.05) is 0 Å². The molecule has 0 aliphatic heterocycles. The monoisotopic (exact) mass is 226 g/mol. The molecule has 0 bridgehead atoms. The van der Waals surface area contributed by atoms with Gasteiger partial charge in [0.25, 0.3) is 0 Å². The average Bonchev–Trinajstić information content (AvgIpc) is 2.17. The maximum absolute atomic E-state index is 2.47. The van der Waals surface area contributed by atoms with Crippen molar-refractivity contribution < 1.29 is 0 Å². The predicted molar refractivity (Wildman–Crippen MR) is 75.7 cm³/mol. The fourth-order valence-corrected chi connectivity index (χ4v) is 2.52. The Balaban J connectivity index is 3.77. The lowest BCUT2D eigenvalue weighted by Crippen LogP contribution is -2.12. The van der Waals surface area contributed by atoms with E-state index >= 15 is 0 Å². The first-order valence-electron chi connectivity index (χ1n) is 7.47. The molecule has 0 aromatic rings. The Hall–Kier alpha value is 0. The number of rotatable bonds is 9. The molecule has 0 saturated carbocycles. The van der Waals surface area contributed by atoms with Crippen LogP contribution in [0.15, 0.2) is 0 Å². The van der Waals surface area contributed by atoms with E-state index in [1.807, 2.05) is 0 Å². The zero-order valence-electron chi connectivity index (χ0n) is 12.6. The summed E-state index contributed by atoms with van der Waals surface area (Å²) in [6.07, 6.45) is 8.50. The second kappa shape index (κ2) is 9.07. The van der Waals surface area contributed by atoms with E-state index in [9.17, 15) is 0 Å². The van der Waals surface area contributed by atoms with E-state index in [4.69, 9.17) is 0 Å². The van der Waals surface area contributed by atoms with Gasteiger partial charge >= 0.3 is 0 Å². The Bertz CT molecular complexity index is 146. The van der Waals surface area contributed by atoms with E-state index in [1.165, 1.54) is 38.5 Å². The fraction of sp³-hybridized carbons (Fsp3) is 1.00. The molecule has 98 valence electrons. The third-order valence-corrected chi connectivity index (χ3v) is 3.88. The first kappa shape index (κ1) is 16.0. The van der Waals surface area contributed by atoms with Crippen LogP contribution in [0, 0.1) is 23.7 Å². The molecule has 0 rings (SSSR count). The van der Waals surface area contributed by atoms with Gasteiger partial charge in [-0.05, 0) is 30.1 Å². The van der Waals surface area contributed by atoms with Crippen molar-refractivity contribution in [3.63, 3.8) is 0 Å². The average molecular weight is 226 g/mol. The van der Waals surface area contributed by atoms with Crippen molar-refractivity contribution in [2.24, 2.45) is 23.7 Å². The normalized spacial score (nSPS) is 15.8. The molecule has 0 radical (unpaired) electrons. The molecule has 0 amide bonds. The summed E-state index contributed by atoms with van der Waals surface area (Å²) < 4.78 is 0. The SMILES string of the molecule is CCC(CCC(C)C)C(C)CCCC(C)C. The van der Waals surface area contributed by atoms with Crippen molar-refractivity contribution in [1.29, 1.82) is 0 Å². The Kier molecular flexibility index (Phi) is 9.07. The van der Waals surface area contributed by atoms with Crippen molar-refractivity contribution in [3.8, 4) is 0 Å². The predicted octanol–water partition coefficient (Wildman–Crippen LogP) is 5.91. The Morgan fingerprint density at radius 1 is 0.688 bits per heavy atom. The van der Waals surface area contributed by atoms with Crippen molar-refractivity contribution in [2.45, 2.75) is 80.1 Å². The van der Waals surface area contributed by atoms with Crippen LogP contribution in [0.4, 0.5) is 0 Å². The van der Waals surface area contributed by atoms with Crippen LogP contribution in [0.1, 0.15) is 80.1 Å². The van der Waals surface area contributed by atoms with E-state index < -0.39 is 0 Å². The minimum Gasteiger partial charge on any atom is -0.0651 e. The second-order valence-corrected chi connectivity index (χ2v) is 6.44. The minimum absolute atomic E-state index is 0.872. The van der Waals surface area contributed by atoms with Gasteiger partial charge in [-0.3, -0.25) is 0 Å². The highest BCUT2D eigenvalue weighted by atomic mass is 14.2. The van der Waals surface area contributed by atoms with Crippen LogP contribution < -0.4 is 0 Å². The van der Waals surface area contributed by atoms with Gasteiger partial charge in [-0.25, -0.2) is 0 Å². The largest absolute Gasteiger partial charge is 0.0651 e. The molecule has 0 fully saturated rings. The number of hydrogen-bond acceptors (Lipinski definition) is 0. The zero-order chi connectivity index (χ0) is 12.6. The second-order valence-electron chi connectivity index (χ2n) is 6.44. The molecular formula is C16H34. The molecule has 0 aromatic carbocycles. The fourth-order valence-electron chi connectivity index (χ4n) is 2.52. The van der Waals surface area contributed by atoms with E-state index in [0.29, 0.717) is 0 Å². The zero-order valence-corrected chi connectivity index (χ0v) is 12.6. The van der Waals surface area contributed by atoms with E-state index in [0.717, 1.165) is 23.7 Å². The first-order valence-corrected chi connectivity index (χ1v) is 7.47. The third kappa shape index (κ3) is 8.19. The summed E-state index contributed by atoms with van der Waals surface area (Å²) in [5, 5.41) is 0. The lowest BCUT2D eigenvalue weighted by molar-refractivity contribution is 0.279. The van der Waals surface area contributed by atoms with Gasteiger partial charge in [0.2, 0.25) is 0 Å². The molecule has 0 aromatic heterocycles. The quantitative estimate of drug-likeness (QED) is 0.458. The molecule has 0 spiro atoms. The molecule has 0 aliphatic rings. The van der Waals surface area contributed by atoms with Gasteiger partial charge in [-0.15, -0.1) is 0 Å². The summed E-state index contributed by atoms with van der Waals surface area (Å²) in [5.41, 5.74) is 0. The minimum atomic E-state index is 0.872. The van der Waals surface area contributed by atoms with Crippen LogP contribution in [-0.2, 0) is 0 Å². The summed E-state index contributed by atoms with van der Waals surface area (Å²) in [6, 6.07) is 0. The van der Waals surface area contributed by atoms with Crippen molar-refractivity contribution >= 4 is 0 Å².